The van der Waals surface area contributed by atoms with Gasteiger partial charge in [0, 0.05) is 12.5 Å². The van der Waals surface area contributed by atoms with Gasteiger partial charge in [-0.2, -0.15) is 13.2 Å². The van der Waals surface area contributed by atoms with Gasteiger partial charge in [0.15, 0.2) is 0 Å². The van der Waals surface area contributed by atoms with Gasteiger partial charge >= 0.3 is 6.18 Å². The zero-order chi connectivity index (χ0) is 16.0. The number of benzene rings is 1. The van der Waals surface area contributed by atoms with Gasteiger partial charge in [0.25, 0.3) is 0 Å². The van der Waals surface area contributed by atoms with Crippen LogP contribution in [0.2, 0.25) is 0 Å². The van der Waals surface area contributed by atoms with Crippen molar-refractivity contribution in [3.63, 3.8) is 0 Å². The van der Waals surface area contributed by atoms with Gasteiger partial charge in [-0.05, 0) is 31.5 Å². The molecular weight excluding hydrogens is 297 g/mol. The van der Waals surface area contributed by atoms with Crippen LogP contribution in [-0.4, -0.2) is 31.6 Å². The van der Waals surface area contributed by atoms with Crippen molar-refractivity contribution in [1.29, 1.82) is 0 Å². The first-order chi connectivity index (χ1) is 10.5. The monoisotopic (exact) mass is 316 g/mol. The predicted octanol–water partition coefficient (Wildman–Crippen LogP) is 2.34. The van der Waals surface area contributed by atoms with Crippen LogP contribution in [0.3, 0.4) is 0 Å². The normalized spacial score (nSPS) is 18.2. The average molecular weight is 316 g/mol. The van der Waals surface area contributed by atoms with E-state index in [0.29, 0.717) is 6.42 Å². The second-order valence-electron chi connectivity index (χ2n) is 5.19. The van der Waals surface area contributed by atoms with Gasteiger partial charge in [0.05, 0.1) is 12.1 Å². The number of carbonyl (C=O) groups excluding carboxylic acids is 1. The first kappa shape index (κ1) is 16.6. The van der Waals surface area contributed by atoms with E-state index in [1.165, 1.54) is 18.2 Å². The van der Waals surface area contributed by atoms with Gasteiger partial charge in [0.2, 0.25) is 5.91 Å². The van der Waals surface area contributed by atoms with Gasteiger partial charge in [-0.3, -0.25) is 4.79 Å². The first-order valence-electron chi connectivity index (χ1n) is 7.26. The number of para-hydroxylation sites is 1. The maximum atomic E-state index is 12.8. The summed E-state index contributed by atoms with van der Waals surface area (Å²) in [5.74, 6) is -0.339. The van der Waals surface area contributed by atoms with Crippen molar-refractivity contribution < 1.29 is 22.7 Å². The van der Waals surface area contributed by atoms with E-state index in [1.54, 1.807) is 0 Å². The third-order valence-electron chi connectivity index (χ3n) is 3.47. The van der Waals surface area contributed by atoms with Crippen molar-refractivity contribution in [2.24, 2.45) is 0 Å². The van der Waals surface area contributed by atoms with E-state index in [-0.39, 0.29) is 30.9 Å². The van der Waals surface area contributed by atoms with Crippen LogP contribution in [0.25, 0.3) is 0 Å². The molecule has 1 fully saturated rings. The maximum Gasteiger partial charge on any atom is 0.419 e. The van der Waals surface area contributed by atoms with E-state index in [0.717, 1.165) is 25.5 Å². The molecule has 0 bridgehead atoms. The lowest BCUT2D eigenvalue weighted by atomic mass is 10.1. The first-order valence-corrected chi connectivity index (χ1v) is 7.26. The fourth-order valence-corrected chi connectivity index (χ4v) is 2.41. The van der Waals surface area contributed by atoms with Crippen molar-refractivity contribution in [1.82, 2.24) is 10.6 Å². The second-order valence-corrected chi connectivity index (χ2v) is 5.19. The van der Waals surface area contributed by atoms with E-state index in [2.05, 4.69) is 10.6 Å². The highest BCUT2D eigenvalue weighted by Crippen LogP contribution is 2.35. The van der Waals surface area contributed by atoms with Crippen LogP contribution in [0.15, 0.2) is 24.3 Å². The Morgan fingerprint density at radius 1 is 1.36 bits per heavy atom. The van der Waals surface area contributed by atoms with Crippen LogP contribution in [0.4, 0.5) is 13.2 Å². The van der Waals surface area contributed by atoms with Crippen molar-refractivity contribution in [3.8, 4) is 5.75 Å². The molecule has 1 aliphatic heterocycles. The summed E-state index contributed by atoms with van der Waals surface area (Å²) >= 11 is 0. The summed E-state index contributed by atoms with van der Waals surface area (Å²) in [5, 5.41) is 5.86. The largest absolute Gasteiger partial charge is 0.491 e. The van der Waals surface area contributed by atoms with Gasteiger partial charge < -0.3 is 15.4 Å². The molecule has 1 aromatic rings. The minimum absolute atomic E-state index is 0.00305. The Bertz CT molecular complexity index is 500. The minimum atomic E-state index is -4.45. The SMILES string of the molecule is O=C(CC1CCCN1)NCCOc1ccccc1C(F)(F)F. The van der Waals surface area contributed by atoms with Crippen LogP contribution < -0.4 is 15.4 Å². The molecule has 0 spiro atoms. The fourth-order valence-electron chi connectivity index (χ4n) is 2.41. The van der Waals surface area contributed by atoms with E-state index in [1.807, 2.05) is 0 Å². The molecule has 4 nitrogen and oxygen atoms in total. The molecule has 1 unspecified atom stereocenters. The number of rotatable bonds is 6. The summed E-state index contributed by atoms with van der Waals surface area (Å²) < 4.78 is 43.4. The highest BCUT2D eigenvalue weighted by Gasteiger charge is 2.33. The molecule has 2 N–H and O–H groups in total. The molecular formula is C15H19F3N2O2. The zero-order valence-electron chi connectivity index (χ0n) is 12.1. The maximum absolute atomic E-state index is 12.8. The molecule has 1 heterocycles. The highest BCUT2D eigenvalue weighted by atomic mass is 19.4. The number of hydrogen-bond donors (Lipinski definition) is 2. The number of nitrogens with one attached hydrogen (secondary N) is 2. The van der Waals surface area contributed by atoms with E-state index >= 15 is 0 Å². The number of alkyl halides is 3. The standard InChI is InChI=1S/C15H19F3N2O2/c16-15(17,18)12-5-1-2-6-13(12)22-9-8-20-14(21)10-11-4-3-7-19-11/h1-2,5-6,11,19H,3-4,7-10H2,(H,20,21). The molecule has 22 heavy (non-hydrogen) atoms. The van der Waals surface area contributed by atoms with Crippen molar-refractivity contribution >= 4 is 5.91 Å². The highest BCUT2D eigenvalue weighted by molar-refractivity contribution is 5.76. The fraction of sp³-hybridized carbons (Fsp3) is 0.533. The summed E-state index contributed by atoms with van der Waals surface area (Å²) in [4.78, 5) is 11.6. The van der Waals surface area contributed by atoms with Gasteiger partial charge in [-0.15, -0.1) is 0 Å². The molecule has 1 aromatic carbocycles. The Hall–Kier alpha value is -1.76. The Kier molecular flexibility index (Phi) is 5.65. The molecule has 0 radical (unpaired) electrons. The molecule has 1 aliphatic rings. The molecule has 0 saturated carbocycles. The lowest BCUT2D eigenvalue weighted by molar-refractivity contribution is -0.139. The molecule has 1 amide bonds. The molecule has 1 atom stereocenters. The minimum Gasteiger partial charge on any atom is -0.491 e. The number of ether oxygens (including phenoxy) is 1. The molecule has 0 aromatic heterocycles. The van der Waals surface area contributed by atoms with Gasteiger partial charge in [-0.1, -0.05) is 12.1 Å². The molecule has 122 valence electrons. The third kappa shape index (κ3) is 4.91. The van der Waals surface area contributed by atoms with E-state index in [4.69, 9.17) is 4.74 Å². The van der Waals surface area contributed by atoms with E-state index in [9.17, 15) is 18.0 Å². The number of carbonyl (C=O) groups is 1. The third-order valence-corrected chi connectivity index (χ3v) is 3.47. The van der Waals surface area contributed by atoms with Crippen molar-refractivity contribution in [3.05, 3.63) is 29.8 Å². The predicted molar refractivity (Wildman–Crippen MR) is 75.6 cm³/mol. The van der Waals surface area contributed by atoms with Crippen molar-refractivity contribution in [2.75, 3.05) is 19.7 Å². The summed E-state index contributed by atoms with van der Waals surface area (Å²) in [6.07, 6.45) is -2.02. The lowest BCUT2D eigenvalue weighted by Gasteiger charge is -2.14. The van der Waals surface area contributed by atoms with E-state index < -0.39 is 11.7 Å². The Balaban J connectivity index is 1.73. The molecule has 1 saturated heterocycles. The Morgan fingerprint density at radius 3 is 2.82 bits per heavy atom. The lowest BCUT2D eigenvalue weighted by Crippen LogP contribution is -2.34. The number of halogens is 3. The Labute approximate surface area is 127 Å². The van der Waals surface area contributed by atoms with Crippen LogP contribution >= 0.6 is 0 Å². The summed E-state index contributed by atoms with van der Waals surface area (Å²) in [6, 6.07) is 5.24. The van der Waals surface area contributed by atoms with Gasteiger partial charge in [-0.25, -0.2) is 0 Å². The van der Waals surface area contributed by atoms with Gasteiger partial charge in [0.1, 0.15) is 12.4 Å². The topological polar surface area (TPSA) is 50.4 Å². The summed E-state index contributed by atoms with van der Waals surface area (Å²) in [7, 11) is 0. The Morgan fingerprint density at radius 2 is 2.14 bits per heavy atom. The quantitative estimate of drug-likeness (QED) is 0.792. The van der Waals surface area contributed by atoms with Crippen LogP contribution in [0.1, 0.15) is 24.8 Å². The molecule has 0 aliphatic carbocycles. The second kappa shape index (κ2) is 7.49. The smallest absolute Gasteiger partial charge is 0.419 e. The molecule has 2 rings (SSSR count). The van der Waals surface area contributed by atoms with Crippen LogP contribution in [0.5, 0.6) is 5.75 Å². The molecule has 7 heteroatoms. The zero-order valence-corrected chi connectivity index (χ0v) is 12.1. The summed E-state index contributed by atoms with van der Waals surface area (Å²) in [5.41, 5.74) is -0.809. The number of hydrogen-bond acceptors (Lipinski definition) is 3. The van der Waals surface area contributed by atoms with Crippen LogP contribution in [0, 0.1) is 0 Å². The number of amides is 1. The average Bonchev–Trinajstić information content (AvgIpc) is 2.96. The summed E-state index contributed by atoms with van der Waals surface area (Å²) in [6.45, 7) is 1.10. The van der Waals surface area contributed by atoms with Crippen LogP contribution in [-0.2, 0) is 11.0 Å². The van der Waals surface area contributed by atoms with Crippen molar-refractivity contribution in [2.45, 2.75) is 31.5 Å².